The Labute approximate surface area is 81.3 Å². The first-order valence-corrected chi connectivity index (χ1v) is 5.39. The summed E-state index contributed by atoms with van der Waals surface area (Å²) in [6.07, 6.45) is 3.66. The molecule has 1 aliphatic rings. The van der Waals surface area contributed by atoms with Crippen molar-refractivity contribution in [1.29, 1.82) is 0 Å². The summed E-state index contributed by atoms with van der Waals surface area (Å²) in [6, 6.07) is 0. The van der Waals surface area contributed by atoms with E-state index >= 15 is 0 Å². The van der Waals surface area contributed by atoms with Crippen molar-refractivity contribution in [3.63, 3.8) is 0 Å². The molecule has 0 saturated heterocycles. The minimum Gasteiger partial charge on any atom is -0.391 e. The fourth-order valence-electron chi connectivity index (χ4n) is 1.92. The molecule has 0 bridgehead atoms. The van der Waals surface area contributed by atoms with Crippen molar-refractivity contribution in [1.82, 2.24) is 0 Å². The minimum absolute atomic E-state index is 0.324. The maximum absolute atomic E-state index is 9.08. The van der Waals surface area contributed by atoms with E-state index in [1.54, 1.807) is 6.92 Å². The molecule has 1 fully saturated rings. The Morgan fingerprint density at radius 2 is 2.00 bits per heavy atom. The molecule has 1 N–H and O–H groups in total. The van der Waals surface area contributed by atoms with Gasteiger partial charge in [-0.25, -0.2) is 0 Å². The summed E-state index contributed by atoms with van der Waals surface area (Å²) >= 11 is 0. The summed E-state index contributed by atoms with van der Waals surface area (Å²) in [5.41, 5.74) is 0. The second-order valence-corrected chi connectivity index (χ2v) is 4.57. The Balaban J connectivity index is 2.21. The topological polar surface area (TPSA) is 29.5 Å². The first-order valence-electron chi connectivity index (χ1n) is 5.39. The average molecular weight is 186 g/mol. The number of aliphatic hydroxyl groups excluding tert-OH is 1. The van der Waals surface area contributed by atoms with Crippen molar-refractivity contribution in [2.75, 3.05) is 6.61 Å². The van der Waals surface area contributed by atoms with Gasteiger partial charge in [-0.15, -0.1) is 0 Å². The van der Waals surface area contributed by atoms with Gasteiger partial charge in [-0.1, -0.05) is 13.8 Å². The highest BCUT2D eigenvalue weighted by atomic mass is 16.5. The molecular formula is C11H22O2. The summed E-state index contributed by atoms with van der Waals surface area (Å²) in [7, 11) is 0. The second-order valence-electron chi connectivity index (χ2n) is 4.57. The molecule has 13 heavy (non-hydrogen) atoms. The maximum Gasteiger partial charge on any atom is 0.0745 e. The van der Waals surface area contributed by atoms with Gasteiger partial charge in [0.1, 0.15) is 0 Å². The molecule has 0 aromatic rings. The predicted molar refractivity (Wildman–Crippen MR) is 53.6 cm³/mol. The van der Waals surface area contributed by atoms with Crippen molar-refractivity contribution >= 4 is 0 Å². The molecule has 2 nitrogen and oxygen atoms in total. The number of hydrogen-bond donors (Lipinski definition) is 1. The molecule has 4 atom stereocenters. The van der Waals surface area contributed by atoms with Crippen LogP contribution in [-0.4, -0.2) is 23.9 Å². The molecule has 0 radical (unpaired) electrons. The summed E-state index contributed by atoms with van der Waals surface area (Å²) < 4.78 is 5.61. The zero-order valence-corrected chi connectivity index (χ0v) is 8.99. The first-order chi connectivity index (χ1) is 6.09. The second kappa shape index (κ2) is 4.97. The lowest BCUT2D eigenvalue weighted by molar-refractivity contribution is -0.0341. The van der Waals surface area contributed by atoms with Crippen LogP contribution in [0.5, 0.6) is 0 Å². The summed E-state index contributed by atoms with van der Waals surface area (Å²) in [5, 5.41) is 9.08. The van der Waals surface area contributed by atoms with E-state index in [-0.39, 0.29) is 6.10 Å². The average Bonchev–Trinajstić information content (AvgIpc) is 2.07. The van der Waals surface area contributed by atoms with Crippen LogP contribution >= 0.6 is 0 Å². The van der Waals surface area contributed by atoms with Gasteiger partial charge in [-0.3, -0.25) is 0 Å². The quantitative estimate of drug-likeness (QED) is 0.732. The third-order valence-electron chi connectivity index (χ3n) is 3.12. The fraction of sp³-hybridized carbons (Fsp3) is 1.00. The lowest BCUT2D eigenvalue weighted by Gasteiger charge is -2.32. The Morgan fingerprint density at radius 3 is 2.54 bits per heavy atom. The Hall–Kier alpha value is -0.0800. The van der Waals surface area contributed by atoms with Gasteiger partial charge in [0.25, 0.3) is 0 Å². The molecule has 2 heteroatoms. The summed E-state index contributed by atoms with van der Waals surface area (Å²) in [5.74, 6) is 1.61. The molecular weight excluding hydrogens is 164 g/mol. The normalized spacial score (nSPS) is 37.4. The summed E-state index contributed by atoms with van der Waals surface area (Å²) in [6.45, 7) is 6.87. The molecule has 0 aromatic carbocycles. The van der Waals surface area contributed by atoms with Crippen molar-refractivity contribution in [3.8, 4) is 0 Å². The first kappa shape index (κ1) is 11.0. The smallest absolute Gasteiger partial charge is 0.0745 e. The molecule has 0 aliphatic heterocycles. The van der Waals surface area contributed by atoms with Gasteiger partial charge in [-0.05, 0) is 38.0 Å². The fourth-order valence-corrected chi connectivity index (χ4v) is 1.92. The van der Waals surface area contributed by atoms with Crippen LogP contribution in [0.2, 0.25) is 0 Å². The number of aliphatic hydroxyl groups is 1. The molecule has 0 heterocycles. The van der Waals surface area contributed by atoms with E-state index in [0.29, 0.717) is 12.7 Å². The van der Waals surface area contributed by atoms with Crippen molar-refractivity contribution in [2.24, 2.45) is 11.8 Å². The van der Waals surface area contributed by atoms with Gasteiger partial charge in [0.05, 0.1) is 18.8 Å². The Bertz CT molecular complexity index is 145. The minimum atomic E-state index is -0.324. The number of hydrogen-bond acceptors (Lipinski definition) is 2. The standard InChI is InChI=1S/C11H22O2/c1-8-4-5-11(6-9(8)2)13-7-10(3)12/h8-12H,4-7H2,1-3H3/t8?,9?,10-,11?/m1/s1. The third-order valence-corrected chi connectivity index (χ3v) is 3.12. The molecule has 3 unspecified atom stereocenters. The molecule has 1 rings (SSSR count). The van der Waals surface area contributed by atoms with E-state index < -0.39 is 0 Å². The van der Waals surface area contributed by atoms with E-state index in [1.807, 2.05) is 0 Å². The monoisotopic (exact) mass is 186 g/mol. The van der Waals surface area contributed by atoms with Crippen LogP contribution in [0.1, 0.15) is 40.0 Å². The highest BCUT2D eigenvalue weighted by Gasteiger charge is 2.24. The SMILES string of the molecule is CC1CCC(OC[C@@H](C)O)CC1C. The van der Waals surface area contributed by atoms with Crippen LogP contribution in [0.4, 0.5) is 0 Å². The van der Waals surface area contributed by atoms with Gasteiger partial charge in [-0.2, -0.15) is 0 Å². The number of ether oxygens (including phenoxy) is 1. The third kappa shape index (κ3) is 3.65. The molecule has 1 aliphatic carbocycles. The van der Waals surface area contributed by atoms with Crippen LogP contribution in [-0.2, 0) is 4.74 Å². The van der Waals surface area contributed by atoms with E-state index in [2.05, 4.69) is 13.8 Å². The largest absolute Gasteiger partial charge is 0.391 e. The Kier molecular flexibility index (Phi) is 4.20. The zero-order chi connectivity index (χ0) is 9.84. The highest BCUT2D eigenvalue weighted by molar-refractivity contribution is 4.75. The Morgan fingerprint density at radius 1 is 1.31 bits per heavy atom. The van der Waals surface area contributed by atoms with E-state index in [0.717, 1.165) is 24.7 Å². The summed E-state index contributed by atoms with van der Waals surface area (Å²) in [4.78, 5) is 0. The van der Waals surface area contributed by atoms with Gasteiger partial charge >= 0.3 is 0 Å². The molecule has 0 aromatic heterocycles. The lowest BCUT2D eigenvalue weighted by Crippen LogP contribution is -2.28. The van der Waals surface area contributed by atoms with Crippen LogP contribution in [0, 0.1) is 11.8 Å². The van der Waals surface area contributed by atoms with Crippen LogP contribution in [0.15, 0.2) is 0 Å². The molecule has 78 valence electrons. The zero-order valence-electron chi connectivity index (χ0n) is 8.99. The van der Waals surface area contributed by atoms with Crippen molar-refractivity contribution < 1.29 is 9.84 Å². The molecule has 0 amide bonds. The maximum atomic E-state index is 9.08. The van der Waals surface area contributed by atoms with E-state index in [1.165, 1.54) is 6.42 Å². The van der Waals surface area contributed by atoms with Gasteiger partial charge in [0.15, 0.2) is 0 Å². The van der Waals surface area contributed by atoms with Crippen LogP contribution in [0.3, 0.4) is 0 Å². The van der Waals surface area contributed by atoms with E-state index in [9.17, 15) is 0 Å². The lowest BCUT2D eigenvalue weighted by atomic mass is 9.80. The predicted octanol–water partition coefficient (Wildman–Crippen LogP) is 2.21. The van der Waals surface area contributed by atoms with Gasteiger partial charge in [0, 0.05) is 0 Å². The van der Waals surface area contributed by atoms with Crippen molar-refractivity contribution in [3.05, 3.63) is 0 Å². The van der Waals surface area contributed by atoms with Gasteiger partial charge in [0.2, 0.25) is 0 Å². The van der Waals surface area contributed by atoms with Crippen LogP contribution < -0.4 is 0 Å². The van der Waals surface area contributed by atoms with Crippen molar-refractivity contribution in [2.45, 2.75) is 52.2 Å². The van der Waals surface area contributed by atoms with Gasteiger partial charge < -0.3 is 9.84 Å². The molecule has 0 spiro atoms. The molecule has 1 saturated carbocycles. The number of rotatable bonds is 3. The highest BCUT2D eigenvalue weighted by Crippen LogP contribution is 2.30. The van der Waals surface area contributed by atoms with E-state index in [4.69, 9.17) is 9.84 Å². The van der Waals surface area contributed by atoms with Crippen LogP contribution in [0.25, 0.3) is 0 Å².